The zero-order valence-corrected chi connectivity index (χ0v) is 18.5. The minimum Gasteiger partial charge on any atom is -0.507 e. The first-order chi connectivity index (χ1) is 15.3. The van der Waals surface area contributed by atoms with Gasteiger partial charge < -0.3 is 14.7 Å². The molecule has 2 fully saturated rings. The number of hydrogen-bond acceptors (Lipinski definition) is 6. The van der Waals surface area contributed by atoms with Crippen LogP contribution < -0.4 is 0 Å². The first-order valence-corrected chi connectivity index (χ1v) is 10.6. The van der Waals surface area contributed by atoms with E-state index in [9.17, 15) is 19.1 Å². The topological polar surface area (TPSA) is 87.9 Å². The first-order valence-electron chi connectivity index (χ1n) is 10.6. The molecule has 170 valence electrons. The lowest BCUT2D eigenvalue weighted by molar-refractivity contribution is -0.140. The molecule has 1 aromatic carbocycles. The van der Waals surface area contributed by atoms with Crippen LogP contribution in [0.3, 0.4) is 0 Å². The summed E-state index contributed by atoms with van der Waals surface area (Å²) in [5.74, 6) is -2.43. The number of Topliss-reactive ketones (excluding diaryl/α,β-unsaturated/α-hetero) is 1. The second-order valence-corrected chi connectivity index (χ2v) is 8.14. The summed E-state index contributed by atoms with van der Waals surface area (Å²) in [6.45, 7) is 6.89. The Morgan fingerprint density at radius 1 is 1.19 bits per heavy atom. The maximum absolute atomic E-state index is 14.9. The monoisotopic (exact) mass is 442 g/mol. The molecular formula is C23H27FN4O4. The average molecular weight is 442 g/mol. The summed E-state index contributed by atoms with van der Waals surface area (Å²) in [5.41, 5.74) is 1.62. The summed E-state index contributed by atoms with van der Waals surface area (Å²) in [6, 6.07) is 5.02. The Labute approximate surface area is 185 Å². The zero-order valence-electron chi connectivity index (χ0n) is 18.5. The third kappa shape index (κ3) is 3.82. The molecule has 1 N–H and O–H groups in total. The van der Waals surface area contributed by atoms with Crippen LogP contribution in [0.15, 0.2) is 29.8 Å². The van der Waals surface area contributed by atoms with Gasteiger partial charge in [0.2, 0.25) is 0 Å². The molecule has 0 radical (unpaired) electrons. The number of morpholine rings is 1. The number of ketones is 1. The number of rotatable bonds is 5. The zero-order chi connectivity index (χ0) is 23.0. The number of aliphatic hydroxyl groups is 1. The fourth-order valence-electron chi connectivity index (χ4n) is 4.46. The number of aromatic nitrogens is 2. The van der Waals surface area contributed by atoms with Crippen LogP contribution >= 0.6 is 0 Å². The van der Waals surface area contributed by atoms with Crippen LogP contribution in [0.1, 0.15) is 28.6 Å². The number of benzene rings is 1. The van der Waals surface area contributed by atoms with E-state index in [0.29, 0.717) is 36.7 Å². The molecule has 0 aliphatic carbocycles. The smallest absolute Gasteiger partial charge is 0.295 e. The highest BCUT2D eigenvalue weighted by Gasteiger charge is 2.47. The van der Waals surface area contributed by atoms with E-state index >= 15 is 0 Å². The van der Waals surface area contributed by atoms with Gasteiger partial charge >= 0.3 is 0 Å². The number of aryl methyl sites for hydroxylation is 2. The number of nitrogens with zero attached hydrogens (tertiary/aromatic N) is 4. The van der Waals surface area contributed by atoms with Crippen molar-refractivity contribution < 1.29 is 23.8 Å². The third-order valence-electron chi connectivity index (χ3n) is 6.25. The Kier molecular flexibility index (Phi) is 6.12. The minimum atomic E-state index is -1.02. The molecular weight excluding hydrogens is 415 g/mol. The van der Waals surface area contributed by atoms with Gasteiger partial charge in [-0.3, -0.25) is 19.2 Å². The van der Waals surface area contributed by atoms with E-state index in [1.807, 2.05) is 0 Å². The van der Waals surface area contributed by atoms with Crippen molar-refractivity contribution in [3.8, 4) is 0 Å². The Balaban J connectivity index is 1.80. The fourth-order valence-corrected chi connectivity index (χ4v) is 4.46. The molecule has 2 aliphatic heterocycles. The molecule has 8 nitrogen and oxygen atoms in total. The van der Waals surface area contributed by atoms with Crippen LogP contribution in [0.4, 0.5) is 4.39 Å². The van der Waals surface area contributed by atoms with Gasteiger partial charge in [-0.15, -0.1) is 0 Å². The van der Waals surface area contributed by atoms with Crippen LogP contribution in [-0.2, 0) is 21.4 Å². The van der Waals surface area contributed by atoms with E-state index in [4.69, 9.17) is 4.74 Å². The number of carbonyl (C=O) groups is 2. The summed E-state index contributed by atoms with van der Waals surface area (Å²) in [7, 11) is 1.73. The SMILES string of the molecule is Cc1nn(C)c(C)c1C(O)=C1C(=O)C(=O)N(CCN2CCOCC2)[C@H]1c1ccccc1F. The molecule has 32 heavy (non-hydrogen) atoms. The Hall–Kier alpha value is -3.04. The molecule has 0 spiro atoms. The molecule has 4 rings (SSSR count). The van der Waals surface area contributed by atoms with E-state index in [2.05, 4.69) is 10.00 Å². The lowest BCUT2D eigenvalue weighted by Gasteiger charge is -2.31. The molecule has 1 atom stereocenters. The summed E-state index contributed by atoms with van der Waals surface area (Å²) in [4.78, 5) is 29.7. The number of likely N-dealkylation sites (tertiary alicyclic amines) is 1. The quantitative estimate of drug-likeness (QED) is 0.433. The van der Waals surface area contributed by atoms with E-state index in [1.165, 1.54) is 11.0 Å². The minimum absolute atomic E-state index is 0.110. The summed E-state index contributed by atoms with van der Waals surface area (Å²) >= 11 is 0. The number of ether oxygens (including phenoxy) is 1. The van der Waals surface area contributed by atoms with Gasteiger partial charge in [-0.1, -0.05) is 18.2 Å². The number of halogens is 1. The number of hydrogen-bond donors (Lipinski definition) is 1. The van der Waals surface area contributed by atoms with Crippen LogP contribution in [0, 0.1) is 19.7 Å². The standard InChI is InChI=1S/C23H27FN4O4/c1-14-18(15(2)26(3)25-14)21(29)19-20(16-6-4-5-7-17(16)24)28(23(31)22(19)30)9-8-27-10-12-32-13-11-27/h4-7,20,29H,8-13H2,1-3H3/t20-/m0/s1. The molecule has 0 saturated carbocycles. The Bertz CT molecular complexity index is 1090. The van der Waals surface area contributed by atoms with Gasteiger partial charge in [0, 0.05) is 44.5 Å². The molecule has 0 unspecified atom stereocenters. The summed E-state index contributed by atoms with van der Waals surface area (Å²) in [5, 5.41) is 15.5. The predicted molar refractivity (Wildman–Crippen MR) is 115 cm³/mol. The van der Waals surface area contributed by atoms with Crippen LogP contribution in [0.25, 0.3) is 5.76 Å². The highest BCUT2D eigenvalue weighted by atomic mass is 19.1. The molecule has 2 aromatic rings. The highest BCUT2D eigenvalue weighted by molar-refractivity contribution is 6.46. The van der Waals surface area contributed by atoms with Crippen molar-refractivity contribution in [2.45, 2.75) is 19.9 Å². The lowest BCUT2D eigenvalue weighted by Crippen LogP contribution is -2.42. The molecule has 1 aromatic heterocycles. The van der Waals surface area contributed by atoms with E-state index in [1.54, 1.807) is 43.8 Å². The van der Waals surface area contributed by atoms with Crippen molar-refractivity contribution in [2.24, 2.45) is 7.05 Å². The maximum atomic E-state index is 14.9. The van der Waals surface area contributed by atoms with Gasteiger partial charge in [-0.25, -0.2) is 4.39 Å². The van der Waals surface area contributed by atoms with Gasteiger partial charge in [-0.05, 0) is 19.9 Å². The van der Waals surface area contributed by atoms with Crippen molar-refractivity contribution in [1.82, 2.24) is 19.6 Å². The second-order valence-electron chi connectivity index (χ2n) is 8.14. The predicted octanol–water partition coefficient (Wildman–Crippen LogP) is 1.93. The van der Waals surface area contributed by atoms with Crippen LogP contribution in [0.2, 0.25) is 0 Å². The van der Waals surface area contributed by atoms with E-state index in [0.717, 1.165) is 13.1 Å². The van der Waals surface area contributed by atoms with Gasteiger partial charge in [0.25, 0.3) is 11.7 Å². The molecule has 1 amide bonds. The average Bonchev–Trinajstić information content (AvgIpc) is 3.18. The third-order valence-corrected chi connectivity index (χ3v) is 6.25. The molecule has 3 heterocycles. The molecule has 2 aliphatic rings. The van der Waals surface area contributed by atoms with Crippen LogP contribution in [-0.4, -0.2) is 75.8 Å². The Morgan fingerprint density at radius 2 is 1.88 bits per heavy atom. The van der Waals surface area contributed by atoms with E-state index < -0.39 is 23.5 Å². The maximum Gasteiger partial charge on any atom is 0.295 e. The van der Waals surface area contributed by atoms with E-state index in [-0.39, 0.29) is 23.4 Å². The fraction of sp³-hybridized carbons (Fsp3) is 0.435. The van der Waals surface area contributed by atoms with Crippen LogP contribution in [0.5, 0.6) is 0 Å². The highest BCUT2D eigenvalue weighted by Crippen LogP contribution is 2.41. The number of carbonyl (C=O) groups excluding carboxylic acids is 2. The van der Waals surface area contributed by atoms with Crippen molar-refractivity contribution in [3.05, 3.63) is 58.2 Å². The van der Waals surface area contributed by atoms with Crippen molar-refractivity contribution in [1.29, 1.82) is 0 Å². The summed E-state index contributed by atoms with van der Waals surface area (Å²) in [6.07, 6.45) is 0. The number of amides is 1. The first kappa shape index (κ1) is 22.2. The number of aliphatic hydroxyl groups excluding tert-OH is 1. The second kappa shape index (κ2) is 8.84. The van der Waals surface area contributed by atoms with Gasteiger partial charge in [0.15, 0.2) is 0 Å². The van der Waals surface area contributed by atoms with Gasteiger partial charge in [-0.2, -0.15) is 5.10 Å². The van der Waals surface area contributed by atoms with Gasteiger partial charge in [0.1, 0.15) is 11.6 Å². The normalized spacial score (nSPS) is 21.5. The molecule has 2 saturated heterocycles. The van der Waals surface area contributed by atoms with Crippen molar-refractivity contribution in [2.75, 3.05) is 39.4 Å². The lowest BCUT2D eigenvalue weighted by atomic mass is 9.94. The summed E-state index contributed by atoms with van der Waals surface area (Å²) < 4.78 is 21.8. The van der Waals surface area contributed by atoms with Crippen molar-refractivity contribution in [3.63, 3.8) is 0 Å². The molecule has 9 heteroatoms. The largest absolute Gasteiger partial charge is 0.507 e. The Morgan fingerprint density at radius 3 is 2.50 bits per heavy atom. The van der Waals surface area contributed by atoms with Gasteiger partial charge in [0.05, 0.1) is 36.1 Å². The molecule has 0 bridgehead atoms. The van der Waals surface area contributed by atoms with Crippen molar-refractivity contribution >= 4 is 17.4 Å².